The second-order valence-corrected chi connectivity index (χ2v) is 7.55. The van der Waals surface area contributed by atoms with Crippen LogP contribution in [0.25, 0.3) is 11.3 Å². The van der Waals surface area contributed by atoms with Crippen molar-refractivity contribution < 1.29 is 4.79 Å². The molecule has 154 valence electrons. The molecule has 0 fully saturated rings. The molecular formula is C26H24N4O. The molecule has 0 aliphatic heterocycles. The normalized spacial score (nSPS) is 10.5. The highest BCUT2D eigenvalue weighted by molar-refractivity contribution is 5.95. The average molecular weight is 409 g/mol. The van der Waals surface area contributed by atoms with Gasteiger partial charge >= 0.3 is 0 Å². The van der Waals surface area contributed by atoms with Crippen molar-refractivity contribution in [3.05, 3.63) is 107 Å². The molecule has 0 atom stereocenters. The molecule has 0 aliphatic carbocycles. The highest BCUT2D eigenvalue weighted by Crippen LogP contribution is 2.20. The number of nitrogens with one attached hydrogen (secondary N) is 2. The molecule has 0 saturated carbocycles. The third-order valence-corrected chi connectivity index (χ3v) is 4.91. The van der Waals surface area contributed by atoms with Crippen LogP contribution in [0.3, 0.4) is 0 Å². The summed E-state index contributed by atoms with van der Waals surface area (Å²) in [5.74, 6) is 0.500. The number of anilines is 2. The smallest absolute Gasteiger partial charge is 0.251 e. The first kappa shape index (κ1) is 20.3. The van der Waals surface area contributed by atoms with Gasteiger partial charge in [-0.25, -0.2) is 0 Å². The summed E-state index contributed by atoms with van der Waals surface area (Å²) < 4.78 is 0. The molecule has 0 bridgehead atoms. The quantitative estimate of drug-likeness (QED) is 0.446. The van der Waals surface area contributed by atoms with E-state index in [-0.39, 0.29) is 5.91 Å². The first-order valence-corrected chi connectivity index (χ1v) is 10.2. The number of benzene rings is 3. The maximum absolute atomic E-state index is 12.6. The van der Waals surface area contributed by atoms with Crippen LogP contribution in [0.15, 0.2) is 84.9 Å². The van der Waals surface area contributed by atoms with E-state index >= 15 is 0 Å². The lowest BCUT2D eigenvalue weighted by atomic mass is 10.1. The zero-order valence-electron chi connectivity index (χ0n) is 17.6. The number of carbonyl (C=O) groups is 1. The highest BCUT2D eigenvalue weighted by Gasteiger charge is 2.07. The van der Waals surface area contributed by atoms with E-state index in [1.807, 2.05) is 67.6 Å². The average Bonchev–Trinajstić information content (AvgIpc) is 2.78. The summed E-state index contributed by atoms with van der Waals surface area (Å²) in [5.41, 5.74) is 6.64. The Morgan fingerprint density at radius 1 is 0.806 bits per heavy atom. The lowest BCUT2D eigenvalue weighted by Gasteiger charge is -2.09. The number of carbonyl (C=O) groups excluding carboxylic acids is 1. The molecule has 0 radical (unpaired) electrons. The minimum absolute atomic E-state index is 0.119. The van der Waals surface area contributed by atoms with E-state index in [0.29, 0.717) is 17.9 Å². The summed E-state index contributed by atoms with van der Waals surface area (Å²) >= 11 is 0. The van der Waals surface area contributed by atoms with Crippen LogP contribution in [-0.4, -0.2) is 16.1 Å². The number of nitrogens with zero attached hydrogens (tertiary/aromatic N) is 2. The van der Waals surface area contributed by atoms with Gasteiger partial charge in [0.25, 0.3) is 5.91 Å². The molecule has 2 N–H and O–H groups in total. The maximum Gasteiger partial charge on any atom is 0.251 e. The zero-order valence-corrected chi connectivity index (χ0v) is 17.6. The van der Waals surface area contributed by atoms with Gasteiger partial charge < -0.3 is 10.6 Å². The van der Waals surface area contributed by atoms with Crippen LogP contribution in [0, 0.1) is 13.8 Å². The van der Waals surface area contributed by atoms with Gasteiger partial charge in [-0.2, -0.15) is 0 Å². The first-order chi connectivity index (χ1) is 15.1. The van der Waals surface area contributed by atoms with E-state index in [4.69, 9.17) is 0 Å². The van der Waals surface area contributed by atoms with E-state index in [0.717, 1.165) is 22.5 Å². The number of hydrogen-bond acceptors (Lipinski definition) is 4. The van der Waals surface area contributed by atoms with Crippen molar-refractivity contribution in [1.82, 2.24) is 15.5 Å². The molecule has 0 aliphatic rings. The van der Waals surface area contributed by atoms with Crippen LogP contribution < -0.4 is 10.6 Å². The molecule has 1 aromatic heterocycles. The second kappa shape index (κ2) is 9.22. The standard InChI is InChI=1S/C26H24N4O/c1-18-6-3-8-20(14-18)17-27-26(31)22-10-5-11-23(16-22)28-25-13-12-24(29-30-25)21-9-4-7-19(2)15-21/h3-16H,17H2,1-2H3,(H,27,31)(H,28,30). The SMILES string of the molecule is Cc1cccc(CNC(=O)c2cccc(Nc3ccc(-c4cccc(C)c4)nn3)c2)c1. The fourth-order valence-electron chi connectivity index (χ4n) is 3.35. The van der Waals surface area contributed by atoms with Gasteiger partial charge in [-0.05, 0) is 55.8 Å². The molecule has 5 heteroatoms. The van der Waals surface area contributed by atoms with Crippen LogP contribution in [0.5, 0.6) is 0 Å². The summed E-state index contributed by atoms with van der Waals surface area (Å²) in [6, 6.07) is 27.4. The lowest BCUT2D eigenvalue weighted by Crippen LogP contribution is -2.22. The summed E-state index contributed by atoms with van der Waals surface area (Å²) in [5, 5.41) is 14.8. The van der Waals surface area contributed by atoms with Crippen LogP contribution in [0.1, 0.15) is 27.0 Å². The predicted octanol–water partition coefficient (Wildman–Crippen LogP) is 5.43. The Bertz CT molecular complexity index is 1200. The third kappa shape index (κ3) is 5.34. The van der Waals surface area contributed by atoms with E-state index < -0.39 is 0 Å². The molecule has 5 nitrogen and oxygen atoms in total. The van der Waals surface area contributed by atoms with Crippen LogP contribution in [0.2, 0.25) is 0 Å². The number of aromatic nitrogens is 2. The highest BCUT2D eigenvalue weighted by atomic mass is 16.1. The zero-order chi connectivity index (χ0) is 21.6. The molecule has 4 rings (SSSR count). The fourth-order valence-corrected chi connectivity index (χ4v) is 3.35. The van der Waals surface area contributed by atoms with E-state index in [1.165, 1.54) is 11.1 Å². The lowest BCUT2D eigenvalue weighted by molar-refractivity contribution is 0.0951. The van der Waals surface area contributed by atoms with Crippen molar-refractivity contribution in [2.75, 3.05) is 5.32 Å². The second-order valence-electron chi connectivity index (χ2n) is 7.55. The van der Waals surface area contributed by atoms with Crippen molar-refractivity contribution in [2.24, 2.45) is 0 Å². The molecule has 3 aromatic carbocycles. The van der Waals surface area contributed by atoms with Gasteiger partial charge in [0.15, 0.2) is 5.82 Å². The van der Waals surface area contributed by atoms with Gasteiger partial charge in [0.05, 0.1) is 5.69 Å². The minimum atomic E-state index is -0.119. The molecule has 31 heavy (non-hydrogen) atoms. The summed E-state index contributed by atoms with van der Waals surface area (Å²) in [6.07, 6.45) is 0. The summed E-state index contributed by atoms with van der Waals surface area (Å²) in [4.78, 5) is 12.6. The van der Waals surface area contributed by atoms with Gasteiger partial charge in [0.1, 0.15) is 0 Å². The van der Waals surface area contributed by atoms with Crippen molar-refractivity contribution >= 4 is 17.4 Å². The van der Waals surface area contributed by atoms with Gasteiger partial charge in [-0.15, -0.1) is 10.2 Å². The number of amides is 1. The fraction of sp³-hybridized carbons (Fsp3) is 0.115. The van der Waals surface area contributed by atoms with Crippen LogP contribution >= 0.6 is 0 Å². The Balaban J connectivity index is 1.41. The van der Waals surface area contributed by atoms with Gasteiger partial charge in [0, 0.05) is 23.4 Å². The molecule has 4 aromatic rings. The Labute approximate surface area is 182 Å². The number of hydrogen-bond donors (Lipinski definition) is 2. The van der Waals surface area contributed by atoms with Crippen LogP contribution in [-0.2, 0) is 6.54 Å². The minimum Gasteiger partial charge on any atom is -0.348 e. The Kier molecular flexibility index (Phi) is 6.03. The Morgan fingerprint density at radius 2 is 1.58 bits per heavy atom. The summed E-state index contributed by atoms with van der Waals surface area (Å²) in [7, 11) is 0. The predicted molar refractivity (Wildman–Crippen MR) is 124 cm³/mol. The third-order valence-electron chi connectivity index (χ3n) is 4.91. The van der Waals surface area contributed by atoms with Crippen molar-refractivity contribution in [1.29, 1.82) is 0 Å². The Morgan fingerprint density at radius 3 is 2.32 bits per heavy atom. The van der Waals surface area contributed by atoms with Crippen molar-refractivity contribution in [3.8, 4) is 11.3 Å². The first-order valence-electron chi connectivity index (χ1n) is 10.2. The molecule has 0 saturated heterocycles. The summed E-state index contributed by atoms with van der Waals surface area (Å²) in [6.45, 7) is 4.58. The number of aryl methyl sites for hydroxylation is 2. The molecular weight excluding hydrogens is 384 g/mol. The largest absolute Gasteiger partial charge is 0.348 e. The van der Waals surface area contributed by atoms with Gasteiger partial charge in [-0.1, -0.05) is 59.7 Å². The van der Waals surface area contributed by atoms with Crippen molar-refractivity contribution in [2.45, 2.75) is 20.4 Å². The van der Waals surface area contributed by atoms with Gasteiger partial charge in [-0.3, -0.25) is 4.79 Å². The van der Waals surface area contributed by atoms with Crippen LogP contribution in [0.4, 0.5) is 11.5 Å². The molecule has 1 amide bonds. The van der Waals surface area contributed by atoms with Gasteiger partial charge in [0.2, 0.25) is 0 Å². The van der Waals surface area contributed by atoms with E-state index in [9.17, 15) is 4.79 Å². The maximum atomic E-state index is 12.6. The number of rotatable bonds is 6. The monoisotopic (exact) mass is 408 g/mol. The Hall–Kier alpha value is -3.99. The molecule has 0 unspecified atom stereocenters. The molecule has 0 spiro atoms. The van der Waals surface area contributed by atoms with E-state index in [1.54, 1.807) is 6.07 Å². The molecule has 1 heterocycles. The van der Waals surface area contributed by atoms with E-state index in [2.05, 4.69) is 46.0 Å². The van der Waals surface area contributed by atoms with Crippen molar-refractivity contribution in [3.63, 3.8) is 0 Å². The topological polar surface area (TPSA) is 66.9 Å².